The number of anilines is 1. The van der Waals surface area contributed by atoms with Crippen molar-refractivity contribution in [1.82, 2.24) is 9.88 Å². The van der Waals surface area contributed by atoms with Crippen LogP contribution in [0.2, 0.25) is 0 Å². The van der Waals surface area contributed by atoms with E-state index in [0.717, 1.165) is 30.2 Å². The molecule has 92 valence electrons. The molecular weight excluding hydrogens is 230 g/mol. The maximum Gasteiger partial charge on any atom is 0.183 e. The van der Waals surface area contributed by atoms with Crippen LogP contribution in [-0.4, -0.2) is 37.1 Å². The molecule has 1 aromatic heterocycles. The Morgan fingerprint density at radius 3 is 2.94 bits per heavy atom. The first kappa shape index (κ1) is 12.3. The van der Waals surface area contributed by atoms with Crippen molar-refractivity contribution in [1.29, 1.82) is 0 Å². The first-order valence-corrected chi connectivity index (χ1v) is 6.72. The van der Waals surface area contributed by atoms with Crippen LogP contribution in [0.1, 0.15) is 12.0 Å². The van der Waals surface area contributed by atoms with Gasteiger partial charge in [0.05, 0.1) is 10.2 Å². The number of aryl methyl sites for hydroxylation is 1. The average molecular weight is 249 g/mol. The molecule has 0 aliphatic heterocycles. The predicted octanol–water partition coefficient (Wildman–Crippen LogP) is 2.97. The number of hydrogen-bond acceptors (Lipinski definition) is 4. The average Bonchev–Trinajstić information content (AvgIpc) is 2.66. The molecule has 0 saturated carbocycles. The lowest BCUT2D eigenvalue weighted by Gasteiger charge is -2.08. The minimum absolute atomic E-state index is 0.983. The van der Waals surface area contributed by atoms with E-state index in [0.29, 0.717) is 0 Å². The summed E-state index contributed by atoms with van der Waals surface area (Å²) in [5.74, 6) is 0. The van der Waals surface area contributed by atoms with Crippen molar-refractivity contribution < 1.29 is 0 Å². The van der Waals surface area contributed by atoms with Crippen molar-refractivity contribution >= 4 is 26.7 Å². The zero-order chi connectivity index (χ0) is 12.3. The number of aromatic nitrogens is 1. The number of nitrogens with zero attached hydrogens (tertiary/aromatic N) is 2. The molecule has 0 atom stereocenters. The highest BCUT2D eigenvalue weighted by atomic mass is 32.1. The molecule has 0 bridgehead atoms. The third-order valence-electron chi connectivity index (χ3n) is 2.60. The van der Waals surface area contributed by atoms with Gasteiger partial charge in [0, 0.05) is 6.54 Å². The van der Waals surface area contributed by atoms with E-state index in [1.165, 1.54) is 10.3 Å². The van der Waals surface area contributed by atoms with Crippen LogP contribution in [0.4, 0.5) is 5.13 Å². The Balaban J connectivity index is 1.95. The molecule has 0 amide bonds. The second-order valence-corrected chi connectivity index (χ2v) is 5.60. The topological polar surface area (TPSA) is 28.2 Å². The number of rotatable bonds is 5. The highest BCUT2D eigenvalue weighted by molar-refractivity contribution is 7.22. The molecular formula is C13H19N3S. The van der Waals surface area contributed by atoms with Crippen LogP contribution < -0.4 is 5.32 Å². The first-order chi connectivity index (χ1) is 8.15. The lowest BCUT2D eigenvalue weighted by molar-refractivity contribution is 0.405. The first-order valence-electron chi connectivity index (χ1n) is 5.91. The predicted molar refractivity (Wildman–Crippen MR) is 76.0 cm³/mol. The van der Waals surface area contributed by atoms with Crippen LogP contribution in [0.5, 0.6) is 0 Å². The Hall–Kier alpha value is -1.13. The lowest BCUT2D eigenvalue weighted by Crippen LogP contribution is -2.16. The summed E-state index contributed by atoms with van der Waals surface area (Å²) in [7, 11) is 4.20. The van der Waals surface area contributed by atoms with Crippen LogP contribution in [0.15, 0.2) is 18.2 Å². The Labute approximate surface area is 106 Å². The van der Waals surface area contributed by atoms with Gasteiger partial charge in [0.25, 0.3) is 0 Å². The molecule has 3 nitrogen and oxygen atoms in total. The van der Waals surface area contributed by atoms with Gasteiger partial charge in [-0.05, 0) is 51.7 Å². The van der Waals surface area contributed by atoms with Crippen molar-refractivity contribution in [3.63, 3.8) is 0 Å². The molecule has 1 heterocycles. The van der Waals surface area contributed by atoms with E-state index >= 15 is 0 Å². The third-order valence-corrected chi connectivity index (χ3v) is 3.58. The fourth-order valence-electron chi connectivity index (χ4n) is 1.70. The zero-order valence-corrected chi connectivity index (χ0v) is 11.5. The fourth-order valence-corrected chi connectivity index (χ4v) is 2.69. The molecule has 0 aliphatic rings. The second-order valence-electron chi connectivity index (χ2n) is 4.57. The Morgan fingerprint density at radius 2 is 2.18 bits per heavy atom. The van der Waals surface area contributed by atoms with E-state index in [-0.39, 0.29) is 0 Å². The molecule has 2 rings (SSSR count). The smallest absolute Gasteiger partial charge is 0.183 e. The van der Waals surface area contributed by atoms with E-state index < -0.39 is 0 Å². The highest BCUT2D eigenvalue weighted by Crippen LogP contribution is 2.26. The van der Waals surface area contributed by atoms with Gasteiger partial charge in [-0.3, -0.25) is 0 Å². The van der Waals surface area contributed by atoms with Crippen molar-refractivity contribution in [2.24, 2.45) is 0 Å². The Morgan fingerprint density at radius 1 is 1.35 bits per heavy atom. The second kappa shape index (κ2) is 5.47. The van der Waals surface area contributed by atoms with Gasteiger partial charge in [0.1, 0.15) is 0 Å². The minimum Gasteiger partial charge on any atom is -0.361 e. The van der Waals surface area contributed by atoms with Crippen molar-refractivity contribution in [3.8, 4) is 0 Å². The number of hydrogen-bond donors (Lipinski definition) is 1. The molecule has 0 radical (unpaired) electrons. The van der Waals surface area contributed by atoms with E-state index in [4.69, 9.17) is 0 Å². The molecule has 1 N–H and O–H groups in total. The quantitative estimate of drug-likeness (QED) is 0.826. The summed E-state index contributed by atoms with van der Waals surface area (Å²) in [4.78, 5) is 6.76. The van der Waals surface area contributed by atoms with Crippen LogP contribution in [0.3, 0.4) is 0 Å². The van der Waals surface area contributed by atoms with E-state index in [1.54, 1.807) is 11.3 Å². The summed E-state index contributed by atoms with van der Waals surface area (Å²) >= 11 is 1.73. The van der Waals surface area contributed by atoms with E-state index in [2.05, 4.69) is 54.4 Å². The molecule has 2 aromatic rings. The number of nitrogens with one attached hydrogen (secondary N) is 1. The van der Waals surface area contributed by atoms with Gasteiger partial charge in [-0.25, -0.2) is 4.98 Å². The minimum atomic E-state index is 0.983. The summed E-state index contributed by atoms with van der Waals surface area (Å²) in [6.45, 7) is 4.21. The Kier molecular flexibility index (Phi) is 3.97. The number of fused-ring (bicyclic) bond motifs is 1. The summed E-state index contributed by atoms with van der Waals surface area (Å²) in [5, 5.41) is 4.42. The Bertz CT molecular complexity index is 490. The standard InChI is InChI=1S/C13H19N3S/c1-10-5-6-11-12(9-10)17-13(15-11)14-7-4-8-16(2)3/h5-6,9H,4,7-8H2,1-3H3,(H,14,15). The van der Waals surface area contributed by atoms with Gasteiger partial charge in [-0.1, -0.05) is 17.4 Å². The molecule has 0 spiro atoms. The fraction of sp³-hybridized carbons (Fsp3) is 0.462. The summed E-state index contributed by atoms with van der Waals surface area (Å²) in [6, 6.07) is 6.39. The number of benzene rings is 1. The molecule has 17 heavy (non-hydrogen) atoms. The highest BCUT2D eigenvalue weighted by Gasteiger charge is 2.02. The van der Waals surface area contributed by atoms with Crippen LogP contribution >= 0.6 is 11.3 Å². The molecule has 1 aromatic carbocycles. The third kappa shape index (κ3) is 3.41. The molecule has 0 fully saturated rings. The monoisotopic (exact) mass is 249 g/mol. The lowest BCUT2D eigenvalue weighted by atomic mass is 10.2. The van der Waals surface area contributed by atoms with Gasteiger partial charge in [0.2, 0.25) is 0 Å². The van der Waals surface area contributed by atoms with E-state index in [9.17, 15) is 0 Å². The summed E-state index contributed by atoms with van der Waals surface area (Å²) in [5.41, 5.74) is 2.39. The van der Waals surface area contributed by atoms with Crippen molar-refractivity contribution in [3.05, 3.63) is 23.8 Å². The zero-order valence-electron chi connectivity index (χ0n) is 10.7. The molecule has 4 heteroatoms. The van der Waals surface area contributed by atoms with Crippen molar-refractivity contribution in [2.45, 2.75) is 13.3 Å². The molecule has 0 saturated heterocycles. The van der Waals surface area contributed by atoms with Crippen molar-refractivity contribution in [2.75, 3.05) is 32.5 Å². The van der Waals surface area contributed by atoms with Gasteiger partial charge in [-0.15, -0.1) is 0 Å². The largest absolute Gasteiger partial charge is 0.361 e. The van der Waals surface area contributed by atoms with Crippen LogP contribution in [0, 0.1) is 6.92 Å². The SMILES string of the molecule is Cc1ccc2nc(NCCCN(C)C)sc2c1. The van der Waals surface area contributed by atoms with Gasteiger partial charge in [-0.2, -0.15) is 0 Å². The summed E-state index contributed by atoms with van der Waals surface area (Å²) in [6.07, 6.45) is 1.14. The molecule has 0 unspecified atom stereocenters. The summed E-state index contributed by atoms with van der Waals surface area (Å²) < 4.78 is 1.26. The molecule has 0 aliphatic carbocycles. The maximum atomic E-state index is 4.56. The van der Waals surface area contributed by atoms with E-state index in [1.807, 2.05) is 0 Å². The van der Waals surface area contributed by atoms with Crippen LogP contribution in [0.25, 0.3) is 10.2 Å². The van der Waals surface area contributed by atoms with Gasteiger partial charge < -0.3 is 10.2 Å². The number of thiazole rings is 1. The maximum absolute atomic E-state index is 4.56. The van der Waals surface area contributed by atoms with Gasteiger partial charge >= 0.3 is 0 Å². The van der Waals surface area contributed by atoms with Crippen LogP contribution in [-0.2, 0) is 0 Å². The van der Waals surface area contributed by atoms with Gasteiger partial charge in [0.15, 0.2) is 5.13 Å². The normalized spacial score (nSPS) is 11.3.